The van der Waals surface area contributed by atoms with Gasteiger partial charge in [0, 0.05) is 49.5 Å². The highest BCUT2D eigenvalue weighted by Gasteiger charge is 2.28. The molecule has 6 heteroatoms. The molecule has 1 saturated heterocycles. The number of hydrogen-bond acceptors (Lipinski definition) is 5. The van der Waals surface area contributed by atoms with Crippen molar-refractivity contribution in [3.8, 4) is 0 Å². The highest BCUT2D eigenvalue weighted by atomic mass is 16.5. The molecular weight excluding hydrogens is 438 g/mol. The van der Waals surface area contributed by atoms with Crippen molar-refractivity contribution in [3.05, 3.63) is 94.5 Å². The van der Waals surface area contributed by atoms with Gasteiger partial charge in [0.05, 0.1) is 5.56 Å². The maximum Gasteiger partial charge on any atom is 0.339 e. The second-order valence-electron chi connectivity index (χ2n) is 9.26. The van der Waals surface area contributed by atoms with Crippen molar-refractivity contribution in [1.29, 1.82) is 0 Å². The Hall–Kier alpha value is -3.64. The molecule has 180 valence electrons. The van der Waals surface area contributed by atoms with Gasteiger partial charge in [-0.1, -0.05) is 37.3 Å². The van der Waals surface area contributed by atoms with Crippen molar-refractivity contribution in [2.24, 2.45) is 0 Å². The third kappa shape index (κ3) is 4.93. The van der Waals surface area contributed by atoms with Crippen LogP contribution in [0.1, 0.15) is 50.4 Å². The molecule has 1 N–H and O–H groups in total. The number of carbonyl (C=O) groups excluding carboxylic acids is 2. The van der Waals surface area contributed by atoms with Crippen molar-refractivity contribution in [3.63, 3.8) is 0 Å². The van der Waals surface area contributed by atoms with Crippen LogP contribution in [0.2, 0.25) is 0 Å². The maximum atomic E-state index is 13.1. The normalized spacial score (nSPS) is 18.1. The van der Waals surface area contributed by atoms with Gasteiger partial charge in [-0.3, -0.25) is 4.79 Å². The molecule has 1 amide bonds. The van der Waals surface area contributed by atoms with Gasteiger partial charge in [0.1, 0.15) is 6.10 Å². The Bertz CT molecular complexity index is 1230. The van der Waals surface area contributed by atoms with E-state index in [-0.39, 0.29) is 18.0 Å². The SMILES string of the molecule is CCN1CCN(c2ccc(NC(=O)c3ccc4c(c3)C[C@H](c3ccccc3)OC4=O)cc2C)CC1. The molecule has 0 saturated carbocycles. The molecule has 35 heavy (non-hydrogen) atoms. The van der Waals surface area contributed by atoms with Crippen LogP contribution < -0.4 is 10.2 Å². The van der Waals surface area contributed by atoms with Crippen LogP contribution in [0, 0.1) is 6.92 Å². The van der Waals surface area contributed by atoms with E-state index in [0.29, 0.717) is 17.5 Å². The van der Waals surface area contributed by atoms with Crippen molar-refractivity contribution in [2.45, 2.75) is 26.4 Å². The Labute approximate surface area is 206 Å². The van der Waals surface area contributed by atoms with Gasteiger partial charge in [-0.25, -0.2) is 4.79 Å². The predicted molar refractivity (Wildman–Crippen MR) is 138 cm³/mol. The van der Waals surface area contributed by atoms with Crippen LogP contribution >= 0.6 is 0 Å². The number of anilines is 2. The minimum absolute atomic E-state index is 0.188. The molecule has 0 bridgehead atoms. The fourth-order valence-electron chi connectivity index (χ4n) is 4.99. The van der Waals surface area contributed by atoms with Gasteiger partial charge in [-0.2, -0.15) is 0 Å². The molecule has 2 aliphatic rings. The summed E-state index contributed by atoms with van der Waals surface area (Å²) in [6.45, 7) is 9.56. The topological polar surface area (TPSA) is 61.9 Å². The maximum absolute atomic E-state index is 13.1. The van der Waals surface area contributed by atoms with Crippen LogP contribution in [0.5, 0.6) is 0 Å². The zero-order valence-corrected chi connectivity index (χ0v) is 20.3. The van der Waals surface area contributed by atoms with Crippen LogP contribution in [0.4, 0.5) is 11.4 Å². The van der Waals surface area contributed by atoms with Gasteiger partial charge in [-0.15, -0.1) is 0 Å². The van der Waals surface area contributed by atoms with E-state index in [4.69, 9.17) is 4.74 Å². The second kappa shape index (κ2) is 9.92. The number of benzene rings is 3. The van der Waals surface area contributed by atoms with Crippen molar-refractivity contribution < 1.29 is 14.3 Å². The average molecular weight is 470 g/mol. The van der Waals surface area contributed by atoms with Gasteiger partial charge >= 0.3 is 5.97 Å². The summed E-state index contributed by atoms with van der Waals surface area (Å²) in [4.78, 5) is 30.5. The highest BCUT2D eigenvalue weighted by Crippen LogP contribution is 2.31. The van der Waals surface area contributed by atoms with Gasteiger partial charge in [-0.05, 0) is 66.6 Å². The number of aryl methyl sites for hydroxylation is 1. The lowest BCUT2D eigenvalue weighted by Gasteiger charge is -2.36. The van der Waals surface area contributed by atoms with Crippen molar-refractivity contribution in [1.82, 2.24) is 4.90 Å². The molecule has 0 aliphatic carbocycles. The Morgan fingerprint density at radius 1 is 1.00 bits per heavy atom. The Kier molecular flexibility index (Phi) is 6.55. The van der Waals surface area contributed by atoms with E-state index < -0.39 is 0 Å². The first-order chi connectivity index (χ1) is 17.0. The molecule has 6 nitrogen and oxygen atoms in total. The third-order valence-electron chi connectivity index (χ3n) is 7.03. The average Bonchev–Trinajstić information content (AvgIpc) is 2.89. The molecule has 3 aromatic carbocycles. The lowest BCUT2D eigenvalue weighted by molar-refractivity contribution is 0.0252. The first-order valence-electron chi connectivity index (χ1n) is 12.3. The zero-order chi connectivity index (χ0) is 24.4. The number of fused-ring (bicyclic) bond motifs is 1. The highest BCUT2D eigenvalue weighted by molar-refractivity contribution is 6.05. The fourth-order valence-corrected chi connectivity index (χ4v) is 4.99. The molecule has 5 rings (SSSR count). The summed E-state index contributed by atoms with van der Waals surface area (Å²) in [5.74, 6) is -0.537. The summed E-state index contributed by atoms with van der Waals surface area (Å²) in [6, 6.07) is 21.0. The van der Waals surface area contributed by atoms with E-state index in [1.54, 1.807) is 12.1 Å². The third-order valence-corrected chi connectivity index (χ3v) is 7.03. The summed E-state index contributed by atoms with van der Waals surface area (Å²) in [5, 5.41) is 3.02. The quantitative estimate of drug-likeness (QED) is 0.542. The number of amides is 1. The molecule has 0 aromatic heterocycles. The number of ether oxygens (including phenoxy) is 1. The summed E-state index contributed by atoms with van der Waals surface area (Å²) < 4.78 is 5.64. The first-order valence-corrected chi connectivity index (χ1v) is 12.3. The summed E-state index contributed by atoms with van der Waals surface area (Å²) in [6.07, 6.45) is 0.203. The molecule has 0 spiro atoms. The first kappa shape index (κ1) is 23.1. The van der Waals surface area contributed by atoms with E-state index in [9.17, 15) is 9.59 Å². The Morgan fingerprint density at radius 2 is 1.77 bits per heavy atom. The Balaban J connectivity index is 1.29. The lowest BCUT2D eigenvalue weighted by Crippen LogP contribution is -2.46. The standard InChI is InChI=1S/C29H31N3O3/c1-3-31-13-15-32(16-14-31)26-12-10-24(17-20(26)2)30-28(33)22-9-11-25-23(18-22)19-27(35-29(25)34)21-7-5-4-6-8-21/h4-12,17-18,27H,3,13-16,19H2,1-2H3,(H,30,33)/t27-/m1/s1. The number of nitrogens with one attached hydrogen (secondary N) is 1. The minimum Gasteiger partial charge on any atom is -0.454 e. The van der Waals surface area contributed by atoms with Gasteiger partial charge in [0.2, 0.25) is 0 Å². The fraction of sp³-hybridized carbons (Fsp3) is 0.310. The van der Waals surface area contributed by atoms with Crippen molar-refractivity contribution >= 4 is 23.3 Å². The number of likely N-dealkylation sites (N-methyl/N-ethyl adjacent to an activating group) is 1. The predicted octanol–water partition coefficient (Wildman–Crippen LogP) is 4.84. The van der Waals surface area contributed by atoms with Crippen molar-refractivity contribution in [2.75, 3.05) is 42.9 Å². The number of hydrogen-bond donors (Lipinski definition) is 1. The number of rotatable bonds is 5. The number of nitrogens with zero attached hydrogens (tertiary/aromatic N) is 2. The monoisotopic (exact) mass is 469 g/mol. The number of esters is 1. The summed E-state index contributed by atoms with van der Waals surface area (Å²) >= 11 is 0. The van der Waals surface area contributed by atoms with Gasteiger partial charge in [0.15, 0.2) is 0 Å². The van der Waals surface area contributed by atoms with E-state index in [1.807, 2.05) is 48.5 Å². The van der Waals surface area contributed by atoms with Crippen LogP contribution in [0.25, 0.3) is 0 Å². The Morgan fingerprint density at radius 3 is 2.49 bits per heavy atom. The molecular formula is C29H31N3O3. The molecule has 0 radical (unpaired) electrons. The molecule has 2 aliphatic heterocycles. The lowest BCUT2D eigenvalue weighted by atomic mass is 9.93. The van der Waals surface area contributed by atoms with E-state index >= 15 is 0 Å². The van der Waals surface area contributed by atoms with Gasteiger partial charge < -0.3 is 19.9 Å². The molecule has 1 fully saturated rings. The smallest absolute Gasteiger partial charge is 0.339 e. The zero-order valence-electron chi connectivity index (χ0n) is 20.3. The van der Waals surface area contributed by atoms with E-state index in [0.717, 1.165) is 55.1 Å². The molecule has 2 heterocycles. The minimum atomic E-state index is -0.349. The molecule has 1 atom stereocenters. The van der Waals surface area contributed by atoms with Crippen LogP contribution in [-0.2, 0) is 11.2 Å². The van der Waals surface area contributed by atoms with E-state index in [1.165, 1.54) is 5.69 Å². The van der Waals surface area contributed by atoms with Gasteiger partial charge in [0.25, 0.3) is 5.91 Å². The van der Waals surface area contributed by atoms with Crippen LogP contribution in [0.3, 0.4) is 0 Å². The number of carbonyl (C=O) groups is 2. The molecule has 3 aromatic rings. The number of cyclic esters (lactones) is 1. The van der Waals surface area contributed by atoms with Crippen LogP contribution in [-0.4, -0.2) is 49.5 Å². The summed E-state index contributed by atoms with van der Waals surface area (Å²) in [7, 11) is 0. The second-order valence-corrected chi connectivity index (χ2v) is 9.26. The largest absolute Gasteiger partial charge is 0.454 e. The number of piperazine rings is 1. The molecule has 0 unspecified atom stereocenters. The summed E-state index contributed by atoms with van der Waals surface area (Å²) in [5.41, 5.74) is 5.97. The van der Waals surface area contributed by atoms with Crippen LogP contribution in [0.15, 0.2) is 66.7 Å². The van der Waals surface area contributed by atoms with E-state index in [2.05, 4.69) is 35.0 Å².